The normalized spacial score (nSPS) is 14.5. The summed E-state index contributed by atoms with van der Waals surface area (Å²) in [6, 6.07) is 24.7. The minimum Gasteiger partial charge on any atom is -0.487 e. The zero-order valence-corrected chi connectivity index (χ0v) is 29.5. The number of ether oxygens (including phenoxy) is 3. The topological polar surface area (TPSA) is 110 Å². The van der Waals surface area contributed by atoms with Gasteiger partial charge in [-0.25, -0.2) is 10.2 Å². The van der Waals surface area contributed by atoms with Crippen LogP contribution in [0.2, 0.25) is 0 Å². The molecular formula is C34H30BrIN4O5S. The average Bonchev–Trinajstić information content (AvgIpc) is 3.03. The van der Waals surface area contributed by atoms with E-state index in [1.807, 2.05) is 36.4 Å². The maximum atomic E-state index is 12.8. The second-order valence-corrected chi connectivity index (χ2v) is 12.6. The minimum atomic E-state index is -0.620. The number of nitrogens with zero attached hydrogens (tertiary/aromatic N) is 1. The number of esters is 1. The van der Waals surface area contributed by atoms with Crippen LogP contribution in [-0.4, -0.2) is 36.4 Å². The number of halogens is 2. The fraction of sp³-hybridized carbons (Fsp3) is 0.176. The fourth-order valence-corrected chi connectivity index (χ4v) is 7.01. The number of hydrazone groups is 1. The lowest BCUT2D eigenvalue weighted by Crippen LogP contribution is -2.45. The molecule has 0 saturated heterocycles. The molecule has 1 amide bonds. The third-order valence-electron chi connectivity index (χ3n) is 7.03. The number of rotatable bonds is 11. The Morgan fingerprint density at radius 2 is 1.83 bits per heavy atom. The SMILES string of the molecule is CCOC(=O)C1=C(C)NC(=S)N[C@H]1c1ccccc1OCC(=O)NN=Cc1cc(Br)c(OCc2cccc3ccccc23)c(I)c1. The molecule has 0 spiro atoms. The standard InChI is InChI=1S/C34H30BrIN4O5S/c1-3-43-33(42)30-20(2)38-34(46)39-31(30)25-13-6-7-14-28(25)44-19-29(41)40-37-17-21-15-26(35)32(27(36)16-21)45-18-23-11-8-10-22-9-4-5-12-24(22)23/h4-17,31H,3,18-19H2,1-2H3,(H,40,41)(H2,38,39,46)/t31-/m0/s1. The third-order valence-corrected chi connectivity index (χ3v) is 8.64. The summed E-state index contributed by atoms with van der Waals surface area (Å²) in [5.41, 5.74) is 5.96. The lowest BCUT2D eigenvalue weighted by Gasteiger charge is -2.30. The van der Waals surface area contributed by atoms with E-state index in [0.29, 0.717) is 34.3 Å². The van der Waals surface area contributed by atoms with Gasteiger partial charge in [0.05, 0.1) is 32.5 Å². The molecule has 5 rings (SSSR count). The van der Waals surface area contributed by atoms with E-state index in [2.05, 4.69) is 83.9 Å². The fourth-order valence-electron chi connectivity index (χ4n) is 4.97. The lowest BCUT2D eigenvalue weighted by molar-refractivity contribution is -0.139. The molecule has 1 aliphatic heterocycles. The van der Waals surface area contributed by atoms with Gasteiger partial charge in [-0.2, -0.15) is 5.10 Å². The summed E-state index contributed by atoms with van der Waals surface area (Å²) in [5, 5.41) is 12.9. The van der Waals surface area contributed by atoms with E-state index in [-0.39, 0.29) is 13.2 Å². The number of thiocarbonyl (C=S) groups is 1. The number of hydrogen-bond acceptors (Lipinski definition) is 7. The maximum Gasteiger partial charge on any atom is 0.338 e. The first-order valence-corrected chi connectivity index (χ1v) is 16.6. The molecule has 0 bridgehead atoms. The van der Waals surface area contributed by atoms with Crippen molar-refractivity contribution >= 4 is 84.7 Å². The molecule has 0 aliphatic carbocycles. The van der Waals surface area contributed by atoms with Gasteiger partial charge >= 0.3 is 5.97 Å². The molecule has 0 saturated carbocycles. The zero-order valence-electron chi connectivity index (χ0n) is 24.9. The smallest absolute Gasteiger partial charge is 0.338 e. The van der Waals surface area contributed by atoms with Crippen molar-refractivity contribution in [2.24, 2.45) is 5.10 Å². The Labute approximate surface area is 294 Å². The molecule has 236 valence electrons. The highest BCUT2D eigenvalue weighted by Gasteiger charge is 2.32. The molecule has 3 N–H and O–H groups in total. The third kappa shape index (κ3) is 8.03. The quantitative estimate of drug-likeness (QED) is 0.0507. The van der Waals surface area contributed by atoms with Crippen LogP contribution >= 0.6 is 50.7 Å². The summed E-state index contributed by atoms with van der Waals surface area (Å²) in [7, 11) is 0. The Balaban J connectivity index is 1.20. The van der Waals surface area contributed by atoms with E-state index in [1.54, 1.807) is 38.3 Å². The molecule has 1 atom stereocenters. The molecule has 1 aliphatic rings. The second-order valence-electron chi connectivity index (χ2n) is 10.2. The van der Waals surface area contributed by atoms with Gasteiger partial charge in [0.25, 0.3) is 5.91 Å². The summed E-state index contributed by atoms with van der Waals surface area (Å²) in [4.78, 5) is 25.4. The van der Waals surface area contributed by atoms with E-state index >= 15 is 0 Å². The number of nitrogens with one attached hydrogen (secondary N) is 3. The van der Waals surface area contributed by atoms with Crippen molar-refractivity contribution in [2.45, 2.75) is 26.5 Å². The van der Waals surface area contributed by atoms with E-state index in [9.17, 15) is 9.59 Å². The van der Waals surface area contributed by atoms with Crippen LogP contribution in [0.1, 0.15) is 36.6 Å². The van der Waals surface area contributed by atoms with Gasteiger partial charge in [-0.3, -0.25) is 4.79 Å². The number of hydrogen-bond donors (Lipinski definition) is 3. The van der Waals surface area contributed by atoms with E-state index in [4.69, 9.17) is 26.4 Å². The van der Waals surface area contributed by atoms with Gasteiger partial charge in [0, 0.05) is 11.3 Å². The molecule has 0 fully saturated rings. The predicted molar refractivity (Wildman–Crippen MR) is 194 cm³/mol. The van der Waals surface area contributed by atoms with Gasteiger partial charge in [0.15, 0.2) is 11.7 Å². The van der Waals surface area contributed by atoms with Crippen LogP contribution in [0, 0.1) is 3.57 Å². The second kappa shape index (κ2) is 15.5. The van der Waals surface area contributed by atoms with Gasteiger partial charge in [0.2, 0.25) is 0 Å². The van der Waals surface area contributed by atoms with Gasteiger partial charge in [-0.15, -0.1) is 0 Å². The minimum absolute atomic E-state index is 0.228. The number of benzene rings is 4. The first kappa shape index (κ1) is 33.4. The van der Waals surface area contributed by atoms with Crippen LogP contribution in [0.3, 0.4) is 0 Å². The number of carbonyl (C=O) groups is 2. The average molecular weight is 814 g/mol. The van der Waals surface area contributed by atoms with E-state index in [1.165, 1.54) is 5.39 Å². The van der Waals surface area contributed by atoms with Crippen molar-refractivity contribution in [1.29, 1.82) is 0 Å². The molecule has 4 aromatic carbocycles. The molecule has 1 heterocycles. The first-order valence-electron chi connectivity index (χ1n) is 14.3. The molecule has 0 unspecified atom stereocenters. The number of amides is 1. The van der Waals surface area contributed by atoms with Crippen molar-refractivity contribution in [3.05, 3.63) is 115 Å². The molecule has 46 heavy (non-hydrogen) atoms. The van der Waals surface area contributed by atoms with Crippen LogP contribution in [0.5, 0.6) is 11.5 Å². The van der Waals surface area contributed by atoms with Crippen LogP contribution in [0.25, 0.3) is 10.8 Å². The lowest BCUT2D eigenvalue weighted by atomic mass is 9.95. The summed E-state index contributed by atoms with van der Waals surface area (Å²) in [6.07, 6.45) is 1.55. The summed E-state index contributed by atoms with van der Waals surface area (Å²) in [5.74, 6) is 0.207. The summed E-state index contributed by atoms with van der Waals surface area (Å²) >= 11 is 11.2. The van der Waals surface area contributed by atoms with Crippen LogP contribution in [0.15, 0.2) is 99.7 Å². The Bertz CT molecular complexity index is 1840. The molecule has 4 aromatic rings. The Kier molecular flexibility index (Phi) is 11.3. The Morgan fingerprint density at radius 1 is 1.07 bits per heavy atom. The molecule has 0 aromatic heterocycles. The first-order chi connectivity index (χ1) is 22.2. The van der Waals surface area contributed by atoms with Crippen LogP contribution in [0.4, 0.5) is 0 Å². The highest BCUT2D eigenvalue weighted by molar-refractivity contribution is 14.1. The monoisotopic (exact) mass is 812 g/mol. The zero-order chi connectivity index (χ0) is 32.6. The van der Waals surface area contributed by atoms with Crippen LogP contribution < -0.4 is 25.5 Å². The van der Waals surface area contributed by atoms with Crippen LogP contribution in [-0.2, 0) is 20.9 Å². The largest absolute Gasteiger partial charge is 0.487 e. The van der Waals surface area contributed by atoms with Gasteiger partial charge in [-0.05, 0) is 105 Å². The number of carbonyl (C=O) groups excluding carboxylic acids is 2. The summed E-state index contributed by atoms with van der Waals surface area (Å²) < 4.78 is 19.0. The van der Waals surface area contributed by atoms with Gasteiger partial charge < -0.3 is 24.8 Å². The van der Waals surface area contributed by atoms with Gasteiger partial charge in [-0.1, -0.05) is 60.7 Å². The number of fused-ring (bicyclic) bond motifs is 1. The Morgan fingerprint density at radius 3 is 2.63 bits per heavy atom. The highest BCUT2D eigenvalue weighted by Crippen LogP contribution is 2.34. The molecular weight excluding hydrogens is 783 g/mol. The van der Waals surface area contributed by atoms with Crippen molar-refractivity contribution in [1.82, 2.24) is 16.1 Å². The van der Waals surface area contributed by atoms with Crippen molar-refractivity contribution in [2.75, 3.05) is 13.2 Å². The predicted octanol–water partition coefficient (Wildman–Crippen LogP) is 6.67. The van der Waals surface area contributed by atoms with Gasteiger partial charge in [0.1, 0.15) is 18.1 Å². The van der Waals surface area contributed by atoms with Crippen molar-refractivity contribution in [3.8, 4) is 11.5 Å². The van der Waals surface area contributed by atoms with E-state index < -0.39 is 17.9 Å². The number of allylic oxidation sites excluding steroid dienone is 1. The van der Waals surface area contributed by atoms with Crippen molar-refractivity contribution in [3.63, 3.8) is 0 Å². The molecule has 9 nitrogen and oxygen atoms in total. The maximum absolute atomic E-state index is 12.8. The molecule has 0 radical (unpaired) electrons. The van der Waals surface area contributed by atoms with E-state index in [0.717, 1.165) is 30.3 Å². The highest BCUT2D eigenvalue weighted by atomic mass is 127. The molecule has 12 heteroatoms. The van der Waals surface area contributed by atoms with Crippen molar-refractivity contribution < 1.29 is 23.8 Å². The summed E-state index contributed by atoms with van der Waals surface area (Å²) in [6.45, 7) is 3.85. The Hall–Kier alpha value is -4.01. The number of para-hydroxylation sites is 1.